The Balaban J connectivity index is 1.75. The molecule has 1 aromatic heterocycles. The summed E-state index contributed by atoms with van der Waals surface area (Å²) in [5.41, 5.74) is 6.11. The van der Waals surface area contributed by atoms with Crippen molar-refractivity contribution in [2.75, 3.05) is 56.9 Å². The molecule has 3 rings (SSSR count). The third kappa shape index (κ3) is 2.40. The topological polar surface area (TPSA) is 85.3 Å². The van der Waals surface area contributed by atoms with Crippen LogP contribution in [-0.4, -0.2) is 72.1 Å². The Hall–Kier alpha value is -1.91. The molecule has 3 heterocycles. The lowest BCUT2D eigenvalue weighted by Crippen LogP contribution is -2.61. The van der Waals surface area contributed by atoms with E-state index < -0.39 is 0 Å². The van der Waals surface area contributed by atoms with Gasteiger partial charge < -0.3 is 15.5 Å². The molecule has 2 aliphatic heterocycles. The Labute approximate surface area is 118 Å². The maximum Gasteiger partial charge on any atom is 0.227 e. The standard InChI is InChI=1S/C13H19N7/c1-18-2-3-19-4-5-20(9-11(19)8-18)13-16-7-10(6-14)12(15)17-13/h7,11H,2-5,8-9H2,1H3,(H2,15,16,17)/t11-/m0/s1. The second kappa shape index (κ2) is 5.23. The molecule has 0 aliphatic carbocycles. The Morgan fingerprint density at radius 1 is 1.30 bits per heavy atom. The number of piperazine rings is 2. The number of nitrogens with zero attached hydrogens (tertiary/aromatic N) is 6. The van der Waals surface area contributed by atoms with Crippen LogP contribution in [0, 0.1) is 11.3 Å². The van der Waals surface area contributed by atoms with Gasteiger partial charge in [-0.3, -0.25) is 4.90 Å². The Bertz CT molecular complexity index is 538. The quantitative estimate of drug-likeness (QED) is 0.729. The average molecular weight is 273 g/mol. The van der Waals surface area contributed by atoms with E-state index in [0.29, 0.717) is 17.6 Å². The van der Waals surface area contributed by atoms with Crippen molar-refractivity contribution < 1.29 is 0 Å². The number of hydrogen-bond donors (Lipinski definition) is 1. The number of anilines is 2. The van der Waals surface area contributed by atoms with Crippen LogP contribution in [0.2, 0.25) is 0 Å². The van der Waals surface area contributed by atoms with Crippen molar-refractivity contribution in [1.29, 1.82) is 5.26 Å². The summed E-state index contributed by atoms with van der Waals surface area (Å²) in [6, 6.07) is 2.51. The molecule has 0 spiro atoms. The van der Waals surface area contributed by atoms with Crippen LogP contribution in [0.5, 0.6) is 0 Å². The number of likely N-dealkylation sites (N-methyl/N-ethyl adjacent to an activating group) is 1. The first-order valence-electron chi connectivity index (χ1n) is 6.87. The van der Waals surface area contributed by atoms with Gasteiger partial charge in [0.2, 0.25) is 5.95 Å². The maximum atomic E-state index is 8.87. The Morgan fingerprint density at radius 3 is 2.85 bits per heavy atom. The fourth-order valence-corrected chi connectivity index (χ4v) is 2.92. The maximum absolute atomic E-state index is 8.87. The van der Waals surface area contributed by atoms with E-state index >= 15 is 0 Å². The highest BCUT2D eigenvalue weighted by atomic mass is 15.4. The normalized spacial score (nSPS) is 24.2. The first kappa shape index (κ1) is 13.1. The lowest BCUT2D eigenvalue weighted by Gasteiger charge is -2.46. The lowest BCUT2D eigenvalue weighted by atomic mass is 10.1. The molecule has 1 aromatic rings. The SMILES string of the molecule is CN1CCN2CCN(c3ncc(C#N)c(N)n3)C[C@@H]2C1. The molecule has 7 nitrogen and oxygen atoms in total. The zero-order valence-electron chi connectivity index (χ0n) is 11.7. The summed E-state index contributed by atoms with van der Waals surface area (Å²) in [6.45, 7) is 6.19. The molecule has 7 heteroatoms. The van der Waals surface area contributed by atoms with Crippen molar-refractivity contribution in [3.05, 3.63) is 11.8 Å². The molecule has 0 aromatic carbocycles. The second-order valence-corrected chi connectivity index (χ2v) is 5.48. The van der Waals surface area contributed by atoms with Gasteiger partial charge in [-0.1, -0.05) is 0 Å². The minimum absolute atomic E-state index is 0.265. The van der Waals surface area contributed by atoms with Crippen molar-refractivity contribution >= 4 is 11.8 Å². The second-order valence-electron chi connectivity index (χ2n) is 5.48. The molecule has 2 aliphatic rings. The minimum atomic E-state index is 0.265. The zero-order valence-corrected chi connectivity index (χ0v) is 11.7. The molecule has 0 radical (unpaired) electrons. The highest BCUT2D eigenvalue weighted by molar-refractivity contribution is 5.50. The number of hydrogen-bond acceptors (Lipinski definition) is 7. The molecular formula is C13H19N7. The summed E-state index contributed by atoms with van der Waals surface area (Å²) in [4.78, 5) is 15.6. The van der Waals surface area contributed by atoms with E-state index in [1.165, 1.54) is 6.20 Å². The molecule has 0 unspecified atom stereocenters. The van der Waals surface area contributed by atoms with Gasteiger partial charge in [-0.25, -0.2) is 4.98 Å². The van der Waals surface area contributed by atoms with E-state index in [4.69, 9.17) is 11.0 Å². The van der Waals surface area contributed by atoms with Crippen LogP contribution < -0.4 is 10.6 Å². The van der Waals surface area contributed by atoms with Crippen molar-refractivity contribution in [1.82, 2.24) is 19.8 Å². The van der Waals surface area contributed by atoms with Gasteiger partial charge in [-0.2, -0.15) is 10.2 Å². The van der Waals surface area contributed by atoms with Crippen LogP contribution >= 0.6 is 0 Å². The number of nitrogen functional groups attached to an aromatic ring is 1. The first-order valence-corrected chi connectivity index (χ1v) is 6.87. The van der Waals surface area contributed by atoms with Gasteiger partial charge in [0.1, 0.15) is 17.5 Å². The molecule has 0 amide bonds. The summed E-state index contributed by atoms with van der Waals surface area (Å²) < 4.78 is 0. The van der Waals surface area contributed by atoms with Crippen LogP contribution in [0.1, 0.15) is 5.56 Å². The fourth-order valence-electron chi connectivity index (χ4n) is 2.92. The van der Waals surface area contributed by atoms with E-state index in [2.05, 4.69) is 31.7 Å². The number of rotatable bonds is 1. The molecule has 2 saturated heterocycles. The predicted molar refractivity (Wildman–Crippen MR) is 76.2 cm³/mol. The smallest absolute Gasteiger partial charge is 0.227 e. The molecule has 2 fully saturated rings. The van der Waals surface area contributed by atoms with Gasteiger partial charge in [0.25, 0.3) is 0 Å². The molecule has 0 saturated carbocycles. The van der Waals surface area contributed by atoms with E-state index in [0.717, 1.165) is 39.3 Å². The third-order valence-electron chi connectivity index (χ3n) is 4.10. The summed E-state index contributed by atoms with van der Waals surface area (Å²) in [5, 5.41) is 8.87. The van der Waals surface area contributed by atoms with Crippen molar-refractivity contribution in [2.24, 2.45) is 0 Å². The first-order chi connectivity index (χ1) is 9.67. The van der Waals surface area contributed by atoms with Gasteiger partial charge in [0, 0.05) is 45.3 Å². The average Bonchev–Trinajstić information content (AvgIpc) is 2.46. The monoisotopic (exact) mass is 273 g/mol. The molecule has 1 atom stereocenters. The van der Waals surface area contributed by atoms with Crippen LogP contribution in [0.15, 0.2) is 6.20 Å². The van der Waals surface area contributed by atoms with Crippen LogP contribution in [0.3, 0.4) is 0 Å². The van der Waals surface area contributed by atoms with Crippen molar-refractivity contribution in [3.8, 4) is 6.07 Å². The van der Waals surface area contributed by atoms with Gasteiger partial charge in [0.15, 0.2) is 0 Å². The number of fused-ring (bicyclic) bond motifs is 1. The van der Waals surface area contributed by atoms with Crippen LogP contribution in [-0.2, 0) is 0 Å². The van der Waals surface area contributed by atoms with Gasteiger partial charge in [-0.05, 0) is 7.05 Å². The van der Waals surface area contributed by atoms with Crippen molar-refractivity contribution in [3.63, 3.8) is 0 Å². The highest BCUT2D eigenvalue weighted by Gasteiger charge is 2.31. The van der Waals surface area contributed by atoms with E-state index in [-0.39, 0.29) is 5.82 Å². The molecule has 2 N–H and O–H groups in total. The predicted octanol–water partition coefficient (Wildman–Crippen LogP) is -0.634. The van der Waals surface area contributed by atoms with Gasteiger partial charge >= 0.3 is 0 Å². The Kier molecular flexibility index (Phi) is 3.42. The summed E-state index contributed by atoms with van der Waals surface area (Å²) in [5.74, 6) is 0.898. The zero-order chi connectivity index (χ0) is 14.1. The molecule has 20 heavy (non-hydrogen) atoms. The van der Waals surface area contributed by atoms with Crippen LogP contribution in [0.25, 0.3) is 0 Å². The van der Waals surface area contributed by atoms with Gasteiger partial charge in [-0.15, -0.1) is 0 Å². The van der Waals surface area contributed by atoms with E-state index in [1.807, 2.05) is 6.07 Å². The Morgan fingerprint density at radius 2 is 2.10 bits per heavy atom. The van der Waals surface area contributed by atoms with E-state index in [9.17, 15) is 0 Å². The molecule has 0 bridgehead atoms. The summed E-state index contributed by atoms with van der Waals surface area (Å²) in [7, 11) is 2.16. The minimum Gasteiger partial charge on any atom is -0.382 e. The van der Waals surface area contributed by atoms with Crippen LogP contribution in [0.4, 0.5) is 11.8 Å². The largest absolute Gasteiger partial charge is 0.382 e. The number of aromatic nitrogens is 2. The number of nitriles is 1. The summed E-state index contributed by atoms with van der Waals surface area (Å²) in [6.07, 6.45) is 1.51. The van der Waals surface area contributed by atoms with Crippen molar-refractivity contribution in [2.45, 2.75) is 6.04 Å². The van der Waals surface area contributed by atoms with E-state index in [1.54, 1.807) is 0 Å². The lowest BCUT2D eigenvalue weighted by molar-refractivity contribution is 0.0802. The summed E-state index contributed by atoms with van der Waals surface area (Å²) >= 11 is 0. The molecular weight excluding hydrogens is 254 g/mol. The molecule has 106 valence electrons. The number of nitrogens with two attached hydrogens (primary N) is 1. The fraction of sp³-hybridized carbons (Fsp3) is 0.615. The third-order valence-corrected chi connectivity index (χ3v) is 4.10. The highest BCUT2D eigenvalue weighted by Crippen LogP contribution is 2.19. The van der Waals surface area contributed by atoms with Gasteiger partial charge in [0.05, 0.1) is 6.20 Å².